The zero-order chi connectivity index (χ0) is 17.2. The lowest BCUT2D eigenvalue weighted by atomic mass is 10.0. The molecule has 1 aromatic rings. The number of nitrogens with one attached hydrogen (secondary N) is 1. The third kappa shape index (κ3) is 3.89. The van der Waals surface area contributed by atoms with Crippen LogP contribution in [0.25, 0.3) is 0 Å². The summed E-state index contributed by atoms with van der Waals surface area (Å²) in [5.74, 6) is 0.170. The van der Waals surface area contributed by atoms with Crippen LogP contribution >= 0.6 is 0 Å². The molecule has 0 radical (unpaired) electrons. The molecule has 5 heteroatoms. The molecule has 4 rings (SSSR count). The molecule has 3 heterocycles. The summed E-state index contributed by atoms with van der Waals surface area (Å²) in [6.45, 7) is 6.95. The Balaban J connectivity index is 1.25. The molecule has 136 valence electrons. The highest BCUT2D eigenvalue weighted by Crippen LogP contribution is 2.24. The van der Waals surface area contributed by atoms with Gasteiger partial charge in [0.2, 0.25) is 0 Å². The van der Waals surface area contributed by atoms with Crippen LogP contribution in [-0.2, 0) is 4.74 Å². The van der Waals surface area contributed by atoms with E-state index >= 15 is 0 Å². The number of rotatable bonds is 3. The molecular weight excluding hydrogens is 314 g/mol. The Labute approximate surface area is 150 Å². The average Bonchev–Trinajstić information content (AvgIpc) is 3.04. The number of carbonyl (C=O) groups excluding carboxylic acids is 1. The quantitative estimate of drug-likeness (QED) is 0.908. The first-order valence-corrected chi connectivity index (χ1v) is 9.65. The molecular formula is C20H29N3O2. The van der Waals surface area contributed by atoms with Crippen LogP contribution in [0.15, 0.2) is 30.3 Å². The van der Waals surface area contributed by atoms with E-state index in [-0.39, 0.29) is 5.91 Å². The highest BCUT2D eigenvalue weighted by Gasteiger charge is 2.37. The summed E-state index contributed by atoms with van der Waals surface area (Å²) < 4.78 is 5.80. The Kier molecular flexibility index (Phi) is 5.06. The number of hydrogen-bond acceptors (Lipinski definition) is 4. The molecule has 1 aromatic carbocycles. The lowest BCUT2D eigenvalue weighted by Crippen LogP contribution is -2.48. The minimum Gasteiger partial charge on any atom is -0.376 e. The van der Waals surface area contributed by atoms with Crippen molar-refractivity contribution in [1.82, 2.24) is 15.1 Å². The van der Waals surface area contributed by atoms with Crippen molar-refractivity contribution < 1.29 is 9.53 Å². The number of carbonyl (C=O) groups is 1. The molecule has 0 unspecified atom stereocenters. The number of nitrogens with zero attached hydrogens (tertiary/aromatic N) is 2. The van der Waals surface area contributed by atoms with Crippen molar-refractivity contribution in [1.29, 1.82) is 0 Å². The van der Waals surface area contributed by atoms with Crippen LogP contribution in [0.1, 0.15) is 36.5 Å². The van der Waals surface area contributed by atoms with Gasteiger partial charge in [-0.15, -0.1) is 0 Å². The minimum atomic E-state index is 0.170. The van der Waals surface area contributed by atoms with E-state index in [0.717, 1.165) is 51.2 Å². The lowest BCUT2D eigenvalue weighted by molar-refractivity contribution is -0.0390. The molecule has 3 saturated heterocycles. The van der Waals surface area contributed by atoms with E-state index in [1.165, 1.54) is 6.42 Å². The van der Waals surface area contributed by atoms with Crippen molar-refractivity contribution in [3.05, 3.63) is 35.9 Å². The molecule has 3 fully saturated rings. The summed E-state index contributed by atoms with van der Waals surface area (Å²) in [7, 11) is 0. The Bertz CT molecular complexity index is 586. The number of benzene rings is 1. The third-order valence-corrected chi connectivity index (χ3v) is 5.87. The number of piperidine rings is 1. The second-order valence-electron chi connectivity index (χ2n) is 7.78. The van der Waals surface area contributed by atoms with Gasteiger partial charge >= 0.3 is 0 Å². The molecule has 0 bridgehead atoms. The molecule has 1 N–H and O–H groups in total. The summed E-state index contributed by atoms with van der Waals surface area (Å²) in [6.07, 6.45) is 3.65. The van der Waals surface area contributed by atoms with Gasteiger partial charge < -0.3 is 15.0 Å². The standard InChI is InChI=1S/C20H29N3O2/c1-15-12-23-13-18(11-19(23)14-25-15)21-17-7-9-22(10-8-17)20(24)16-5-3-2-4-6-16/h2-6,15,17-19,21H,7-14H2,1H3/t15-,18+,19+/m1/s1. The summed E-state index contributed by atoms with van der Waals surface area (Å²) in [5.41, 5.74) is 0.802. The smallest absolute Gasteiger partial charge is 0.253 e. The van der Waals surface area contributed by atoms with Crippen molar-refractivity contribution in [3.63, 3.8) is 0 Å². The maximum atomic E-state index is 12.5. The van der Waals surface area contributed by atoms with E-state index in [2.05, 4.69) is 17.1 Å². The average molecular weight is 343 g/mol. The van der Waals surface area contributed by atoms with Crippen LogP contribution in [0.2, 0.25) is 0 Å². The van der Waals surface area contributed by atoms with Crippen LogP contribution in [0.3, 0.4) is 0 Å². The van der Waals surface area contributed by atoms with Crippen LogP contribution in [0.4, 0.5) is 0 Å². The Morgan fingerprint density at radius 1 is 1.12 bits per heavy atom. The summed E-state index contributed by atoms with van der Waals surface area (Å²) >= 11 is 0. The molecule has 25 heavy (non-hydrogen) atoms. The first kappa shape index (κ1) is 17.0. The second-order valence-corrected chi connectivity index (χ2v) is 7.78. The first-order valence-electron chi connectivity index (χ1n) is 9.65. The topological polar surface area (TPSA) is 44.8 Å². The maximum absolute atomic E-state index is 12.5. The molecule has 3 aliphatic rings. The van der Waals surface area contributed by atoms with Crippen molar-refractivity contribution in [3.8, 4) is 0 Å². The van der Waals surface area contributed by atoms with Gasteiger partial charge in [-0.25, -0.2) is 0 Å². The van der Waals surface area contributed by atoms with Gasteiger partial charge in [-0.3, -0.25) is 9.69 Å². The number of likely N-dealkylation sites (tertiary alicyclic amines) is 1. The summed E-state index contributed by atoms with van der Waals surface area (Å²) in [5, 5.41) is 3.85. The minimum absolute atomic E-state index is 0.170. The highest BCUT2D eigenvalue weighted by atomic mass is 16.5. The molecule has 5 nitrogen and oxygen atoms in total. The maximum Gasteiger partial charge on any atom is 0.253 e. The fourth-order valence-electron chi connectivity index (χ4n) is 4.51. The van der Waals surface area contributed by atoms with Crippen LogP contribution in [0, 0.1) is 0 Å². The predicted octanol–water partition coefficient (Wildman–Crippen LogP) is 1.74. The molecule has 1 amide bonds. The van der Waals surface area contributed by atoms with Gasteiger partial charge in [-0.1, -0.05) is 18.2 Å². The largest absolute Gasteiger partial charge is 0.376 e. The highest BCUT2D eigenvalue weighted by molar-refractivity contribution is 5.94. The van der Waals surface area contributed by atoms with E-state index in [9.17, 15) is 4.79 Å². The zero-order valence-corrected chi connectivity index (χ0v) is 15.1. The fourth-order valence-corrected chi connectivity index (χ4v) is 4.51. The summed E-state index contributed by atoms with van der Waals surface area (Å²) in [4.78, 5) is 17.1. The van der Waals surface area contributed by atoms with Gasteiger partial charge in [0.25, 0.3) is 5.91 Å². The molecule has 0 spiro atoms. The second kappa shape index (κ2) is 7.44. The molecule has 0 aromatic heterocycles. The SMILES string of the molecule is C[C@@H]1CN2C[C@@H](NC3CCN(C(=O)c4ccccc4)CC3)C[C@H]2CO1. The summed E-state index contributed by atoms with van der Waals surface area (Å²) in [6, 6.07) is 11.3. The molecule has 0 saturated carbocycles. The van der Waals surface area contributed by atoms with E-state index in [1.807, 2.05) is 35.2 Å². The van der Waals surface area contributed by atoms with Crippen LogP contribution < -0.4 is 5.32 Å². The Hall–Kier alpha value is -1.43. The predicted molar refractivity (Wildman–Crippen MR) is 97.7 cm³/mol. The molecule has 3 aliphatic heterocycles. The van der Waals surface area contributed by atoms with Crippen LogP contribution in [-0.4, -0.2) is 72.7 Å². The van der Waals surface area contributed by atoms with Gasteiger partial charge in [0.05, 0.1) is 12.7 Å². The van der Waals surface area contributed by atoms with Gasteiger partial charge in [0, 0.05) is 49.9 Å². The Morgan fingerprint density at radius 3 is 2.64 bits per heavy atom. The third-order valence-electron chi connectivity index (χ3n) is 5.87. The first-order chi connectivity index (χ1) is 12.2. The fraction of sp³-hybridized carbons (Fsp3) is 0.650. The normalized spacial score (nSPS) is 31.1. The van der Waals surface area contributed by atoms with Gasteiger partial charge in [-0.2, -0.15) is 0 Å². The van der Waals surface area contributed by atoms with Gasteiger partial charge in [-0.05, 0) is 38.3 Å². The monoisotopic (exact) mass is 343 g/mol. The Morgan fingerprint density at radius 2 is 1.88 bits per heavy atom. The van der Waals surface area contributed by atoms with Crippen LogP contribution in [0.5, 0.6) is 0 Å². The number of ether oxygens (including phenoxy) is 1. The van der Waals surface area contributed by atoms with Crippen molar-refractivity contribution in [2.45, 2.75) is 50.4 Å². The number of hydrogen-bond donors (Lipinski definition) is 1. The van der Waals surface area contributed by atoms with Gasteiger partial charge in [0.1, 0.15) is 0 Å². The van der Waals surface area contributed by atoms with E-state index in [4.69, 9.17) is 4.74 Å². The van der Waals surface area contributed by atoms with E-state index in [0.29, 0.717) is 24.2 Å². The molecule has 0 aliphatic carbocycles. The lowest BCUT2D eigenvalue weighted by Gasteiger charge is -2.34. The number of amides is 1. The van der Waals surface area contributed by atoms with Crippen molar-refractivity contribution in [2.75, 3.05) is 32.8 Å². The number of morpholine rings is 1. The number of fused-ring (bicyclic) bond motifs is 1. The van der Waals surface area contributed by atoms with Gasteiger partial charge in [0.15, 0.2) is 0 Å². The van der Waals surface area contributed by atoms with Crippen molar-refractivity contribution in [2.24, 2.45) is 0 Å². The zero-order valence-electron chi connectivity index (χ0n) is 15.1. The van der Waals surface area contributed by atoms with E-state index < -0.39 is 0 Å². The molecule has 3 atom stereocenters. The van der Waals surface area contributed by atoms with E-state index in [1.54, 1.807) is 0 Å². The van der Waals surface area contributed by atoms with Crippen molar-refractivity contribution >= 4 is 5.91 Å².